The van der Waals surface area contributed by atoms with E-state index in [9.17, 15) is 4.79 Å². The van der Waals surface area contributed by atoms with Crippen molar-refractivity contribution in [3.63, 3.8) is 0 Å². The second-order valence-corrected chi connectivity index (χ2v) is 8.28. The zero-order valence-electron chi connectivity index (χ0n) is 19.3. The Morgan fingerprint density at radius 3 is 2.75 bits per heavy atom. The quantitative estimate of drug-likeness (QED) is 0.215. The Balaban J connectivity index is 1.78. The van der Waals surface area contributed by atoms with Crippen molar-refractivity contribution in [3.8, 4) is 0 Å². The summed E-state index contributed by atoms with van der Waals surface area (Å²) in [6.45, 7) is 7.07. The SMILES string of the molecule is CONCCCN=C(N=C(N)[C@@H](C)N(C(=O)[C@H]1CNCCO1)C1CC1)c1ccc(C)cc1. The fraction of sp³-hybridized carbons (Fsp3) is 0.609. The minimum Gasteiger partial charge on any atom is -0.385 e. The second kappa shape index (κ2) is 12.1. The van der Waals surface area contributed by atoms with Crippen molar-refractivity contribution in [1.82, 2.24) is 15.7 Å². The topological polar surface area (TPSA) is 114 Å². The molecule has 0 spiro atoms. The number of amides is 1. The molecule has 1 aromatic rings. The molecule has 1 heterocycles. The van der Waals surface area contributed by atoms with E-state index in [1.165, 1.54) is 0 Å². The van der Waals surface area contributed by atoms with E-state index in [-0.39, 0.29) is 18.0 Å². The van der Waals surface area contributed by atoms with E-state index < -0.39 is 6.10 Å². The Morgan fingerprint density at radius 1 is 1.38 bits per heavy atom. The summed E-state index contributed by atoms with van der Waals surface area (Å²) >= 11 is 0. The average Bonchev–Trinajstić information content (AvgIpc) is 3.64. The van der Waals surface area contributed by atoms with E-state index in [4.69, 9.17) is 20.3 Å². The van der Waals surface area contributed by atoms with Crippen LogP contribution in [0, 0.1) is 6.92 Å². The van der Waals surface area contributed by atoms with E-state index in [1.54, 1.807) is 7.11 Å². The van der Waals surface area contributed by atoms with Crippen LogP contribution < -0.4 is 16.5 Å². The molecule has 0 bridgehead atoms. The van der Waals surface area contributed by atoms with Gasteiger partial charge in [0.15, 0.2) is 5.84 Å². The third kappa shape index (κ3) is 6.83. The number of aryl methyl sites for hydroxylation is 1. The van der Waals surface area contributed by atoms with Crippen LogP contribution in [0.3, 0.4) is 0 Å². The largest absolute Gasteiger partial charge is 0.385 e. The summed E-state index contributed by atoms with van der Waals surface area (Å²) in [6.07, 6.45) is 2.29. The molecule has 1 aromatic carbocycles. The first kappa shape index (κ1) is 24.3. The number of ether oxygens (including phenoxy) is 1. The van der Waals surface area contributed by atoms with Crippen LogP contribution in [-0.4, -0.2) is 80.6 Å². The fourth-order valence-corrected chi connectivity index (χ4v) is 3.62. The first-order valence-corrected chi connectivity index (χ1v) is 11.4. The van der Waals surface area contributed by atoms with Crippen molar-refractivity contribution in [2.75, 3.05) is 39.9 Å². The van der Waals surface area contributed by atoms with Gasteiger partial charge >= 0.3 is 0 Å². The first-order chi connectivity index (χ1) is 15.5. The predicted octanol–water partition coefficient (Wildman–Crippen LogP) is 1.01. The highest BCUT2D eigenvalue weighted by Crippen LogP contribution is 2.30. The van der Waals surface area contributed by atoms with Gasteiger partial charge in [-0.05, 0) is 33.1 Å². The van der Waals surface area contributed by atoms with Crippen LogP contribution >= 0.6 is 0 Å². The molecule has 1 aliphatic carbocycles. The number of hydrogen-bond acceptors (Lipinski definition) is 6. The van der Waals surface area contributed by atoms with Gasteiger partial charge in [-0.1, -0.05) is 29.8 Å². The van der Waals surface area contributed by atoms with Crippen LogP contribution in [0.2, 0.25) is 0 Å². The highest BCUT2D eigenvalue weighted by molar-refractivity contribution is 6.07. The summed E-state index contributed by atoms with van der Waals surface area (Å²) < 4.78 is 5.70. The van der Waals surface area contributed by atoms with Crippen molar-refractivity contribution < 1.29 is 14.4 Å². The molecule has 0 radical (unpaired) electrons. The minimum absolute atomic E-state index is 0.0233. The third-order valence-electron chi connectivity index (χ3n) is 5.63. The van der Waals surface area contributed by atoms with Gasteiger partial charge in [-0.2, -0.15) is 0 Å². The standard InChI is InChI=1S/C23H36N6O3/c1-16-5-7-18(8-6-16)22(26-11-4-12-27-31-3)28-21(24)17(2)29(19-9-10-19)23(30)20-15-25-13-14-32-20/h5-8,17,19-20,25,27H,4,9-15H2,1-3H3,(H2,24,26,28)/t17-,20-/m1/s1. The van der Waals surface area contributed by atoms with Gasteiger partial charge in [-0.15, -0.1) is 0 Å². The van der Waals surface area contributed by atoms with Crippen molar-refractivity contribution in [2.24, 2.45) is 15.7 Å². The maximum atomic E-state index is 13.2. The fourth-order valence-electron chi connectivity index (χ4n) is 3.62. The van der Waals surface area contributed by atoms with Gasteiger partial charge in [0, 0.05) is 37.8 Å². The third-order valence-corrected chi connectivity index (χ3v) is 5.63. The number of nitrogens with two attached hydrogens (primary N) is 1. The molecular weight excluding hydrogens is 408 g/mol. The van der Waals surface area contributed by atoms with Gasteiger partial charge in [0.05, 0.1) is 19.8 Å². The van der Waals surface area contributed by atoms with Crippen molar-refractivity contribution in [2.45, 2.75) is 51.3 Å². The summed E-state index contributed by atoms with van der Waals surface area (Å²) in [6, 6.07) is 7.89. The van der Waals surface area contributed by atoms with E-state index in [0.29, 0.717) is 37.9 Å². The molecule has 0 unspecified atom stereocenters. The molecule has 0 aromatic heterocycles. The number of aliphatic imine (C=N–C) groups is 2. The maximum Gasteiger partial charge on any atom is 0.253 e. The highest BCUT2D eigenvalue weighted by Gasteiger charge is 2.40. The lowest BCUT2D eigenvalue weighted by Gasteiger charge is -2.33. The van der Waals surface area contributed by atoms with Crippen molar-refractivity contribution in [3.05, 3.63) is 35.4 Å². The average molecular weight is 445 g/mol. The molecule has 9 heteroatoms. The number of amidine groups is 2. The molecular formula is C23H36N6O3. The van der Waals surface area contributed by atoms with Crippen molar-refractivity contribution in [1.29, 1.82) is 0 Å². The van der Waals surface area contributed by atoms with Gasteiger partial charge in [0.1, 0.15) is 11.9 Å². The molecule has 176 valence electrons. The maximum absolute atomic E-state index is 13.2. The lowest BCUT2D eigenvalue weighted by molar-refractivity contribution is -0.146. The van der Waals surface area contributed by atoms with Gasteiger partial charge in [0.2, 0.25) is 0 Å². The number of nitrogens with zero attached hydrogens (tertiary/aromatic N) is 3. The van der Waals surface area contributed by atoms with Gasteiger partial charge in [0.25, 0.3) is 5.91 Å². The Bertz CT molecular complexity index is 800. The van der Waals surface area contributed by atoms with Crippen LogP contribution in [0.1, 0.15) is 37.3 Å². The van der Waals surface area contributed by atoms with Crippen LogP contribution in [0.4, 0.5) is 0 Å². The highest BCUT2D eigenvalue weighted by atomic mass is 16.6. The number of hydroxylamine groups is 1. The molecule has 1 aliphatic heterocycles. The van der Waals surface area contributed by atoms with Crippen LogP contribution in [0.15, 0.2) is 34.3 Å². The van der Waals surface area contributed by atoms with Gasteiger partial charge < -0.3 is 25.5 Å². The first-order valence-electron chi connectivity index (χ1n) is 11.4. The van der Waals surface area contributed by atoms with E-state index in [0.717, 1.165) is 36.9 Å². The number of benzene rings is 1. The van der Waals surface area contributed by atoms with Crippen LogP contribution in [0.5, 0.6) is 0 Å². The predicted molar refractivity (Wildman–Crippen MR) is 126 cm³/mol. The molecule has 1 amide bonds. The van der Waals surface area contributed by atoms with Crippen LogP contribution in [0.25, 0.3) is 0 Å². The van der Waals surface area contributed by atoms with E-state index >= 15 is 0 Å². The van der Waals surface area contributed by atoms with Crippen molar-refractivity contribution >= 4 is 17.6 Å². The summed E-state index contributed by atoms with van der Waals surface area (Å²) in [5.41, 5.74) is 11.3. The van der Waals surface area contributed by atoms with Gasteiger partial charge in [-0.3, -0.25) is 9.79 Å². The molecule has 1 saturated carbocycles. The van der Waals surface area contributed by atoms with E-state index in [2.05, 4.69) is 15.8 Å². The summed E-state index contributed by atoms with van der Waals surface area (Å²) in [7, 11) is 1.59. The smallest absolute Gasteiger partial charge is 0.253 e. The minimum atomic E-state index is -0.474. The number of morpholine rings is 1. The molecule has 3 rings (SSSR count). The Morgan fingerprint density at radius 2 is 2.12 bits per heavy atom. The zero-order chi connectivity index (χ0) is 22.9. The molecule has 9 nitrogen and oxygen atoms in total. The Labute approximate surface area is 190 Å². The normalized spacial score (nSPS) is 20.8. The molecule has 1 saturated heterocycles. The monoisotopic (exact) mass is 444 g/mol. The lowest BCUT2D eigenvalue weighted by Crippen LogP contribution is -2.55. The number of carbonyl (C=O) groups is 1. The number of hydrogen-bond donors (Lipinski definition) is 3. The number of carbonyl (C=O) groups excluding carboxylic acids is 1. The number of nitrogens with one attached hydrogen (secondary N) is 2. The zero-order valence-corrected chi connectivity index (χ0v) is 19.3. The number of rotatable bonds is 10. The molecule has 4 N–H and O–H groups in total. The Kier molecular flexibility index (Phi) is 9.16. The van der Waals surface area contributed by atoms with E-state index in [1.807, 2.05) is 43.0 Å². The summed E-state index contributed by atoms with van der Waals surface area (Å²) in [5, 5.41) is 3.23. The molecule has 2 aliphatic rings. The molecule has 32 heavy (non-hydrogen) atoms. The van der Waals surface area contributed by atoms with Crippen LogP contribution in [-0.2, 0) is 14.4 Å². The lowest BCUT2D eigenvalue weighted by atomic mass is 10.1. The Hall–Kier alpha value is -2.33. The summed E-state index contributed by atoms with van der Waals surface area (Å²) in [4.78, 5) is 29.3. The summed E-state index contributed by atoms with van der Waals surface area (Å²) in [5.74, 6) is 0.929. The molecule has 2 fully saturated rings. The molecule has 2 atom stereocenters. The second-order valence-electron chi connectivity index (χ2n) is 8.28. The van der Waals surface area contributed by atoms with Gasteiger partial charge in [-0.25, -0.2) is 10.5 Å².